The normalized spacial score (nSPS) is 11.0. The number of aromatic nitrogens is 2. The fourth-order valence-electron chi connectivity index (χ4n) is 3.55. The number of fused-ring (bicyclic) bond motifs is 1. The minimum absolute atomic E-state index is 0.597. The fraction of sp³-hybridized carbons (Fsp3) is 0.240. The lowest BCUT2D eigenvalue weighted by atomic mass is 10.1. The van der Waals surface area contributed by atoms with Crippen molar-refractivity contribution in [1.29, 1.82) is 0 Å². The van der Waals surface area contributed by atoms with Crippen LogP contribution in [0.15, 0.2) is 66.7 Å². The quantitative estimate of drug-likeness (QED) is 0.431. The van der Waals surface area contributed by atoms with E-state index in [0.29, 0.717) is 6.61 Å². The lowest BCUT2D eigenvalue weighted by Gasteiger charge is -2.13. The van der Waals surface area contributed by atoms with Gasteiger partial charge in [-0.25, -0.2) is 4.98 Å². The summed E-state index contributed by atoms with van der Waals surface area (Å²) in [5, 5.41) is 0. The third-order valence-electron chi connectivity index (χ3n) is 5.17. The van der Waals surface area contributed by atoms with E-state index in [1.165, 1.54) is 11.1 Å². The molecule has 0 atom stereocenters. The summed E-state index contributed by atoms with van der Waals surface area (Å²) in [6.45, 7) is 5.51. The number of methoxy groups -OCH3 is 1. The molecule has 0 fully saturated rings. The molecule has 1 aromatic heterocycles. The summed E-state index contributed by atoms with van der Waals surface area (Å²) in [5.41, 5.74) is 5.73. The summed E-state index contributed by atoms with van der Waals surface area (Å²) in [6, 6.07) is 22.8. The lowest BCUT2D eigenvalue weighted by Crippen LogP contribution is -2.12. The zero-order chi connectivity index (χ0) is 20.2. The van der Waals surface area contributed by atoms with Crippen molar-refractivity contribution in [3.63, 3.8) is 0 Å². The number of hydrogen-bond donors (Lipinski definition) is 0. The maximum absolute atomic E-state index is 6.11. The largest absolute Gasteiger partial charge is 0.497 e. The van der Waals surface area contributed by atoms with Gasteiger partial charge in [0.1, 0.15) is 23.9 Å². The number of ether oxygens (including phenoxy) is 2. The Hall–Kier alpha value is -3.27. The van der Waals surface area contributed by atoms with Gasteiger partial charge in [0.15, 0.2) is 0 Å². The van der Waals surface area contributed by atoms with Gasteiger partial charge in [-0.3, -0.25) is 0 Å². The summed E-state index contributed by atoms with van der Waals surface area (Å²) < 4.78 is 13.6. The number of nitrogens with zero attached hydrogens (tertiary/aromatic N) is 2. The van der Waals surface area contributed by atoms with Crippen LogP contribution >= 0.6 is 0 Å². The molecule has 0 aliphatic carbocycles. The van der Waals surface area contributed by atoms with Gasteiger partial charge in [-0.1, -0.05) is 36.4 Å². The zero-order valence-corrected chi connectivity index (χ0v) is 17.2. The second-order valence-electron chi connectivity index (χ2n) is 7.31. The average Bonchev–Trinajstić information content (AvgIpc) is 3.08. The molecule has 0 N–H and O–H groups in total. The van der Waals surface area contributed by atoms with E-state index in [4.69, 9.17) is 14.5 Å². The van der Waals surface area contributed by atoms with Crippen LogP contribution in [0.4, 0.5) is 0 Å². The Kier molecular flexibility index (Phi) is 5.52. The van der Waals surface area contributed by atoms with Crippen LogP contribution in [0.25, 0.3) is 11.0 Å². The lowest BCUT2D eigenvalue weighted by molar-refractivity contribution is 0.296. The van der Waals surface area contributed by atoms with Crippen LogP contribution in [0.2, 0.25) is 0 Å². The Morgan fingerprint density at radius 3 is 2.52 bits per heavy atom. The van der Waals surface area contributed by atoms with Gasteiger partial charge in [-0.05, 0) is 60.9 Å². The topological polar surface area (TPSA) is 36.3 Å². The van der Waals surface area contributed by atoms with Crippen molar-refractivity contribution >= 4 is 11.0 Å². The molecule has 4 aromatic rings. The molecule has 3 aromatic carbocycles. The summed E-state index contributed by atoms with van der Waals surface area (Å²) in [6.07, 6.45) is 0.766. The number of imidazole rings is 1. The highest BCUT2D eigenvalue weighted by atomic mass is 16.5. The number of para-hydroxylation sites is 2. The van der Waals surface area contributed by atoms with Crippen LogP contribution in [-0.4, -0.2) is 23.3 Å². The maximum atomic E-state index is 6.11. The van der Waals surface area contributed by atoms with Crippen LogP contribution in [0, 0.1) is 13.8 Å². The molecule has 0 unspecified atom stereocenters. The molecule has 0 radical (unpaired) electrons. The van der Waals surface area contributed by atoms with E-state index in [1.54, 1.807) is 7.11 Å². The molecular weight excluding hydrogens is 360 g/mol. The van der Waals surface area contributed by atoms with Crippen LogP contribution in [-0.2, 0) is 13.0 Å². The van der Waals surface area contributed by atoms with E-state index in [9.17, 15) is 0 Å². The van der Waals surface area contributed by atoms with Crippen molar-refractivity contribution in [3.8, 4) is 11.5 Å². The molecule has 148 valence electrons. The van der Waals surface area contributed by atoms with Crippen molar-refractivity contribution in [2.45, 2.75) is 26.8 Å². The first-order valence-corrected chi connectivity index (χ1v) is 9.91. The van der Waals surface area contributed by atoms with E-state index < -0.39 is 0 Å². The molecule has 29 heavy (non-hydrogen) atoms. The Bertz CT molecular complexity index is 1110. The van der Waals surface area contributed by atoms with E-state index in [0.717, 1.165) is 46.9 Å². The van der Waals surface area contributed by atoms with Crippen LogP contribution in [0.3, 0.4) is 0 Å². The SMILES string of the molecule is COc1ccc(Cc2nc3ccccc3n2CCOc2cc(C)ccc2C)cc1. The highest BCUT2D eigenvalue weighted by molar-refractivity contribution is 5.76. The Morgan fingerprint density at radius 2 is 1.72 bits per heavy atom. The van der Waals surface area contributed by atoms with Gasteiger partial charge in [0.05, 0.1) is 24.7 Å². The minimum Gasteiger partial charge on any atom is -0.497 e. The van der Waals surface area contributed by atoms with Crippen molar-refractivity contribution in [2.24, 2.45) is 0 Å². The van der Waals surface area contributed by atoms with Crippen molar-refractivity contribution in [2.75, 3.05) is 13.7 Å². The van der Waals surface area contributed by atoms with Gasteiger partial charge in [0.25, 0.3) is 0 Å². The second-order valence-corrected chi connectivity index (χ2v) is 7.31. The predicted molar refractivity (Wildman–Crippen MR) is 117 cm³/mol. The third kappa shape index (κ3) is 4.27. The van der Waals surface area contributed by atoms with Gasteiger partial charge >= 0.3 is 0 Å². The highest BCUT2D eigenvalue weighted by Gasteiger charge is 2.12. The number of hydrogen-bond acceptors (Lipinski definition) is 3. The van der Waals surface area contributed by atoms with Gasteiger partial charge in [-0.2, -0.15) is 0 Å². The first-order valence-electron chi connectivity index (χ1n) is 9.91. The summed E-state index contributed by atoms with van der Waals surface area (Å²) in [7, 11) is 1.68. The molecule has 0 spiro atoms. The summed E-state index contributed by atoms with van der Waals surface area (Å²) in [5.74, 6) is 2.86. The maximum Gasteiger partial charge on any atom is 0.122 e. The smallest absolute Gasteiger partial charge is 0.122 e. The molecule has 0 aliphatic rings. The Balaban J connectivity index is 1.56. The zero-order valence-electron chi connectivity index (χ0n) is 17.2. The van der Waals surface area contributed by atoms with Crippen molar-refractivity contribution < 1.29 is 9.47 Å². The van der Waals surface area contributed by atoms with Crippen molar-refractivity contribution in [3.05, 3.63) is 89.2 Å². The van der Waals surface area contributed by atoms with Gasteiger partial charge in [-0.15, -0.1) is 0 Å². The molecule has 4 rings (SSSR count). The van der Waals surface area contributed by atoms with E-state index in [1.807, 2.05) is 18.2 Å². The Labute approximate surface area is 171 Å². The average molecular weight is 386 g/mol. The van der Waals surface area contributed by atoms with Crippen LogP contribution in [0.5, 0.6) is 11.5 Å². The van der Waals surface area contributed by atoms with Crippen molar-refractivity contribution in [1.82, 2.24) is 9.55 Å². The van der Waals surface area contributed by atoms with Crippen LogP contribution < -0.4 is 9.47 Å². The van der Waals surface area contributed by atoms with E-state index in [-0.39, 0.29) is 0 Å². The van der Waals surface area contributed by atoms with Gasteiger partial charge in [0, 0.05) is 6.42 Å². The molecule has 4 heteroatoms. The molecule has 1 heterocycles. The van der Waals surface area contributed by atoms with E-state index in [2.05, 4.69) is 66.9 Å². The highest BCUT2D eigenvalue weighted by Crippen LogP contribution is 2.22. The monoisotopic (exact) mass is 386 g/mol. The standard InChI is InChI=1S/C25H26N2O2/c1-18-8-9-19(2)24(16-18)29-15-14-27-23-7-5-4-6-22(23)26-25(27)17-20-10-12-21(28-3)13-11-20/h4-13,16H,14-15,17H2,1-3H3. The van der Waals surface area contributed by atoms with E-state index >= 15 is 0 Å². The molecule has 0 amide bonds. The van der Waals surface area contributed by atoms with Gasteiger partial charge < -0.3 is 14.0 Å². The molecule has 0 saturated heterocycles. The predicted octanol–water partition coefficient (Wildman–Crippen LogP) is 5.33. The molecule has 0 bridgehead atoms. The molecule has 4 nitrogen and oxygen atoms in total. The summed E-state index contributed by atoms with van der Waals surface area (Å²) in [4.78, 5) is 4.88. The summed E-state index contributed by atoms with van der Waals surface area (Å²) >= 11 is 0. The molecular formula is C25H26N2O2. The third-order valence-corrected chi connectivity index (χ3v) is 5.17. The first kappa shape index (κ1) is 19.1. The van der Waals surface area contributed by atoms with Crippen LogP contribution in [0.1, 0.15) is 22.5 Å². The first-order chi connectivity index (χ1) is 14.1. The minimum atomic E-state index is 0.597. The van der Waals surface area contributed by atoms with Gasteiger partial charge in [0.2, 0.25) is 0 Å². The number of aryl methyl sites for hydroxylation is 2. The number of rotatable bonds is 7. The second kappa shape index (κ2) is 8.39. The molecule has 0 saturated carbocycles. The Morgan fingerprint density at radius 1 is 0.931 bits per heavy atom. The molecule has 0 aliphatic heterocycles. The number of benzene rings is 3. The fourth-order valence-corrected chi connectivity index (χ4v) is 3.55.